The molecular formula is C19H22N6O2S2. The molecular weight excluding hydrogens is 408 g/mol. The van der Waals surface area contributed by atoms with Gasteiger partial charge in [0, 0.05) is 37.4 Å². The number of thioether (sulfide) groups is 1. The highest BCUT2D eigenvalue weighted by atomic mass is 32.2. The lowest BCUT2D eigenvalue weighted by atomic mass is 10.3. The molecule has 0 aliphatic rings. The molecule has 0 radical (unpaired) electrons. The predicted octanol–water partition coefficient (Wildman–Crippen LogP) is 3.01. The number of nitrogens with zero attached hydrogens (tertiary/aromatic N) is 6. The first-order valence-electron chi connectivity index (χ1n) is 9.34. The Morgan fingerprint density at radius 2 is 1.76 bits per heavy atom. The molecule has 4 heterocycles. The van der Waals surface area contributed by atoms with Gasteiger partial charge in [0.25, 0.3) is 0 Å². The van der Waals surface area contributed by atoms with E-state index in [-0.39, 0.29) is 4.90 Å². The molecule has 4 aromatic heterocycles. The van der Waals surface area contributed by atoms with Gasteiger partial charge in [-0.3, -0.25) is 4.40 Å². The van der Waals surface area contributed by atoms with Crippen LogP contribution in [-0.2, 0) is 15.8 Å². The number of hydrogen-bond acceptors (Lipinski definition) is 6. The number of aromatic nitrogens is 5. The number of fused-ring (bicyclic) bond motifs is 2. The zero-order valence-corrected chi connectivity index (χ0v) is 18.1. The van der Waals surface area contributed by atoms with Gasteiger partial charge in [-0.2, -0.15) is 4.31 Å². The van der Waals surface area contributed by atoms with Crippen molar-refractivity contribution in [2.24, 2.45) is 0 Å². The summed E-state index contributed by atoms with van der Waals surface area (Å²) in [5.74, 6) is 0.606. The molecule has 0 unspecified atom stereocenters. The lowest BCUT2D eigenvalue weighted by Crippen LogP contribution is -2.30. The number of pyridine rings is 2. The van der Waals surface area contributed by atoms with E-state index < -0.39 is 10.0 Å². The standard InChI is InChI=1S/C19H22N6O2S2/c1-4-24(5-2)29(26,27)16-7-9-18-21-22-19(25(18)12-16)28-13-15-11-23-10-14(3)6-8-17(23)20-15/h6-12H,4-5,13H2,1-3H3. The first kappa shape index (κ1) is 19.9. The van der Waals surface area contributed by atoms with E-state index in [1.54, 1.807) is 22.7 Å². The monoisotopic (exact) mass is 430 g/mol. The fourth-order valence-corrected chi connectivity index (χ4v) is 5.43. The van der Waals surface area contributed by atoms with Crippen molar-refractivity contribution < 1.29 is 8.42 Å². The summed E-state index contributed by atoms with van der Waals surface area (Å²) in [6.45, 7) is 6.55. The van der Waals surface area contributed by atoms with Gasteiger partial charge in [0.2, 0.25) is 10.0 Å². The second-order valence-electron chi connectivity index (χ2n) is 6.66. The van der Waals surface area contributed by atoms with Crippen LogP contribution in [0.1, 0.15) is 25.1 Å². The predicted molar refractivity (Wildman–Crippen MR) is 113 cm³/mol. The molecule has 0 bridgehead atoms. The molecule has 0 fully saturated rings. The molecule has 10 heteroatoms. The Morgan fingerprint density at radius 1 is 1.00 bits per heavy atom. The molecule has 152 valence electrons. The topological polar surface area (TPSA) is 84.9 Å². The van der Waals surface area contributed by atoms with Crippen LogP contribution in [0.25, 0.3) is 11.3 Å². The Hall–Kier alpha value is -2.43. The Bertz CT molecular complexity index is 1270. The molecule has 0 atom stereocenters. The summed E-state index contributed by atoms with van der Waals surface area (Å²) in [6.07, 6.45) is 5.63. The average Bonchev–Trinajstić information content (AvgIpc) is 3.29. The zero-order chi connectivity index (χ0) is 20.6. The average molecular weight is 431 g/mol. The van der Waals surface area contributed by atoms with Gasteiger partial charge in [0.1, 0.15) is 5.65 Å². The van der Waals surface area contributed by atoms with Gasteiger partial charge < -0.3 is 4.40 Å². The highest BCUT2D eigenvalue weighted by Gasteiger charge is 2.22. The van der Waals surface area contributed by atoms with Crippen molar-refractivity contribution in [3.8, 4) is 0 Å². The minimum Gasteiger partial charge on any atom is -0.307 e. The van der Waals surface area contributed by atoms with E-state index in [0.717, 1.165) is 11.3 Å². The van der Waals surface area contributed by atoms with Crippen LogP contribution in [0.3, 0.4) is 0 Å². The van der Waals surface area contributed by atoms with Crippen LogP contribution in [0.4, 0.5) is 0 Å². The molecule has 0 saturated carbocycles. The Labute approximate surface area is 173 Å². The molecule has 0 aliphatic carbocycles. The number of rotatable bonds is 7. The van der Waals surface area contributed by atoms with E-state index in [9.17, 15) is 8.42 Å². The van der Waals surface area contributed by atoms with E-state index in [1.807, 2.05) is 49.7 Å². The second-order valence-corrected chi connectivity index (χ2v) is 9.54. The number of imidazole rings is 1. The lowest BCUT2D eigenvalue weighted by molar-refractivity contribution is 0.445. The van der Waals surface area contributed by atoms with Gasteiger partial charge >= 0.3 is 0 Å². The first-order chi connectivity index (χ1) is 13.9. The van der Waals surface area contributed by atoms with Gasteiger partial charge in [0.05, 0.1) is 10.6 Å². The van der Waals surface area contributed by atoms with Crippen molar-refractivity contribution in [1.29, 1.82) is 0 Å². The summed E-state index contributed by atoms with van der Waals surface area (Å²) in [4.78, 5) is 4.85. The van der Waals surface area contributed by atoms with E-state index in [0.29, 0.717) is 29.6 Å². The van der Waals surface area contributed by atoms with Crippen LogP contribution in [0.15, 0.2) is 52.9 Å². The highest BCUT2D eigenvalue weighted by Crippen LogP contribution is 2.24. The number of aryl methyl sites for hydroxylation is 1. The van der Waals surface area contributed by atoms with E-state index in [4.69, 9.17) is 0 Å². The maximum absolute atomic E-state index is 12.8. The van der Waals surface area contributed by atoms with Crippen molar-refractivity contribution in [2.45, 2.75) is 36.6 Å². The fourth-order valence-electron chi connectivity index (χ4n) is 3.18. The molecule has 29 heavy (non-hydrogen) atoms. The molecule has 0 N–H and O–H groups in total. The molecule has 8 nitrogen and oxygen atoms in total. The first-order valence-corrected chi connectivity index (χ1v) is 11.8. The highest BCUT2D eigenvalue weighted by molar-refractivity contribution is 7.98. The summed E-state index contributed by atoms with van der Waals surface area (Å²) >= 11 is 1.47. The molecule has 0 aliphatic heterocycles. The van der Waals surface area contributed by atoms with Crippen LogP contribution < -0.4 is 0 Å². The summed E-state index contributed by atoms with van der Waals surface area (Å²) in [5.41, 5.74) is 3.59. The third-order valence-electron chi connectivity index (χ3n) is 4.69. The van der Waals surface area contributed by atoms with Gasteiger partial charge in [-0.05, 0) is 30.7 Å². The van der Waals surface area contributed by atoms with Gasteiger partial charge in [0.15, 0.2) is 10.8 Å². The lowest BCUT2D eigenvalue weighted by Gasteiger charge is -2.18. The molecule has 4 aromatic rings. The third kappa shape index (κ3) is 3.75. The summed E-state index contributed by atoms with van der Waals surface area (Å²) < 4.78 is 30.8. The van der Waals surface area contributed by atoms with Gasteiger partial charge in [-0.25, -0.2) is 13.4 Å². The summed E-state index contributed by atoms with van der Waals surface area (Å²) in [6, 6.07) is 7.28. The summed E-state index contributed by atoms with van der Waals surface area (Å²) in [7, 11) is -3.54. The van der Waals surface area contributed by atoms with Gasteiger partial charge in [-0.15, -0.1) is 10.2 Å². The minimum atomic E-state index is -3.54. The second kappa shape index (κ2) is 7.77. The Balaban J connectivity index is 1.62. The van der Waals surface area contributed by atoms with Crippen molar-refractivity contribution in [3.05, 3.63) is 54.1 Å². The molecule has 0 aromatic carbocycles. The molecule has 0 amide bonds. The van der Waals surface area contributed by atoms with E-state index >= 15 is 0 Å². The summed E-state index contributed by atoms with van der Waals surface area (Å²) in [5, 5.41) is 9.00. The largest absolute Gasteiger partial charge is 0.307 e. The quantitative estimate of drug-likeness (QED) is 0.419. The maximum Gasteiger partial charge on any atom is 0.244 e. The van der Waals surface area contributed by atoms with Crippen molar-refractivity contribution in [3.63, 3.8) is 0 Å². The van der Waals surface area contributed by atoms with E-state index in [2.05, 4.69) is 15.2 Å². The SMILES string of the molecule is CCN(CC)S(=O)(=O)c1ccc2nnc(SCc3cn4cc(C)ccc4n3)n2c1. The van der Waals surface area contributed by atoms with Gasteiger partial charge in [-0.1, -0.05) is 31.7 Å². The van der Waals surface area contributed by atoms with Crippen LogP contribution >= 0.6 is 11.8 Å². The van der Waals surface area contributed by atoms with Crippen LogP contribution in [-0.4, -0.2) is 49.8 Å². The minimum absolute atomic E-state index is 0.235. The zero-order valence-electron chi connectivity index (χ0n) is 16.5. The van der Waals surface area contributed by atoms with Crippen LogP contribution in [0, 0.1) is 6.92 Å². The van der Waals surface area contributed by atoms with Crippen molar-refractivity contribution in [1.82, 2.24) is 28.3 Å². The smallest absolute Gasteiger partial charge is 0.244 e. The fraction of sp³-hybridized carbons (Fsp3) is 0.316. The molecule has 4 rings (SSSR count). The van der Waals surface area contributed by atoms with E-state index in [1.165, 1.54) is 21.6 Å². The van der Waals surface area contributed by atoms with Crippen LogP contribution in [0.2, 0.25) is 0 Å². The maximum atomic E-state index is 12.8. The number of hydrogen-bond donors (Lipinski definition) is 0. The Kier molecular flexibility index (Phi) is 5.32. The molecule has 0 spiro atoms. The molecule has 0 saturated heterocycles. The Morgan fingerprint density at radius 3 is 2.52 bits per heavy atom. The third-order valence-corrected chi connectivity index (χ3v) is 7.70. The number of sulfonamides is 1. The van der Waals surface area contributed by atoms with Crippen molar-refractivity contribution in [2.75, 3.05) is 13.1 Å². The van der Waals surface area contributed by atoms with Crippen LogP contribution in [0.5, 0.6) is 0 Å². The normalized spacial score (nSPS) is 12.4. The van der Waals surface area contributed by atoms with Crippen molar-refractivity contribution >= 4 is 33.1 Å².